The van der Waals surface area contributed by atoms with Gasteiger partial charge in [-0.25, -0.2) is 0 Å². The van der Waals surface area contributed by atoms with Crippen LogP contribution in [0.3, 0.4) is 0 Å². The topological polar surface area (TPSA) is 18.5 Å². The normalized spacial score (nSPS) is 36.2. The fourth-order valence-electron chi connectivity index (χ4n) is 3.68. The van der Waals surface area contributed by atoms with Gasteiger partial charge in [0.2, 0.25) is 0 Å². The van der Waals surface area contributed by atoms with Gasteiger partial charge in [-0.05, 0) is 45.2 Å². The minimum absolute atomic E-state index is 0.711. The van der Waals surface area contributed by atoms with Gasteiger partial charge in [-0.15, -0.1) is 0 Å². The van der Waals surface area contributed by atoms with Crippen LogP contribution in [0.5, 0.6) is 0 Å². The zero-order valence-electron chi connectivity index (χ0n) is 12.7. The molecule has 0 bridgehead atoms. The highest BCUT2D eigenvalue weighted by Gasteiger charge is 2.35. The molecule has 3 heteroatoms. The fourth-order valence-corrected chi connectivity index (χ4v) is 3.68. The second kappa shape index (κ2) is 6.36. The Morgan fingerprint density at radius 1 is 1.06 bits per heavy atom. The number of likely N-dealkylation sites (N-methyl/N-ethyl adjacent to an activating group) is 2. The van der Waals surface area contributed by atoms with E-state index in [0.717, 1.165) is 17.9 Å². The number of piperazine rings is 1. The molecule has 2 aliphatic rings. The Balaban J connectivity index is 1.97. The van der Waals surface area contributed by atoms with Gasteiger partial charge < -0.3 is 10.2 Å². The summed E-state index contributed by atoms with van der Waals surface area (Å²) in [5.74, 6) is 1.78. The molecule has 3 nitrogen and oxygen atoms in total. The van der Waals surface area contributed by atoms with E-state index in [4.69, 9.17) is 0 Å². The smallest absolute Gasteiger partial charge is 0.0253 e. The third-order valence-electron chi connectivity index (χ3n) is 5.18. The molecule has 18 heavy (non-hydrogen) atoms. The minimum atomic E-state index is 0.711. The van der Waals surface area contributed by atoms with E-state index < -0.39 is 0 Å². The summed E-state index contributed by atoms with van der Waals surface area (Å²) in [6.45, 7) is 9.77. The van der Waals surface area contributed by atoms with Crippen LogP contribution in [-0.2, 0) is 0 Å². The number of hydrogen-bond donors (Lipinski definition) is 1. The van der Waals surface area contributed by atoms with Crippen molar-refractivity contribution in [2.45, 2.75) is 45.2 Å². The van der Waals surface area contributed by atoms with Crippen LogP contribution in [0.1, 0.15) is 33.1 Å². The summed E-state index contributed by atoms with van der Waals surface area (Å²) in [6, 6.07) is 1.48. The quantitative estimate of drug-likeness (QED) is 0.825. The first-order valence-electron chi connectivity index (χ1n) is 7.71. The zero-order chi connectivity index (χ0) is 13.1. The first-order chi connectivity index (χ1) is 8.61. The molecule has 0 amide bonds. The molecule has 106 valence electrons. The van der Waals surface area contributed by atoms with Crippen LogP contribution in [0.2, 0.25) is 0 Å². The zero-order valence-corrected chi connectivity index (χ0v) is 12.7. The molecule has 0 aromatic carbocycles. The molecule has 0 radical (unpaired) electrons. The molecule has 2 fully saturated rings. The molecule has 1 aliphatic heterocycles. The SMILES string of the molecule is CNC1CCC(C(C)C)CC1N1CCN(C)CC1. The maximum atomic E-state index is 3.57. The average molecular weight is 253 g/mol. The molecular formula is C15H31N3. The van der Waals surface area contributed by atoms with Crippen molar-refractivity contribution in [3.8, 4) is 0 Å². The standard InChI is InChI=1S/C15H31N3/c1-12(2)13-5-6-14(16-3)15(11-13)18-9-7-17(4)8-10-18/h12-16H,5-11H2,1-4H3. The molecule has 0 aromatic heterocycles. The van der Waals surface area contributed by atoms with Crippen LogP contribution in [0.25, 0.3) is 0 Å². The minimum Gasteiger partial charge on any atom is -0.315 e. The summed E-state index contributed by atoms with van der Waals surface area (Å²) < 4.78 is 0. The van der Waals surface area contributed by atoms with E-state index in [9.17, 15) is 0 Å². The summed E-state index contributed by atoms with van der Waals surface area (Å²) in [7, 11) is 4.38. The molecular weight excluding hydrogens is 222 g/mol. The van der Waals surface area contributed by atoms with Gasteiger partial charge in [-0.2, -0.15) is 0 Å². The van der Waals surface area contributed by atoms with Crippen LogP contribution in [-0.4, -0.2) is 62.2 Å². The molecule has 3 atom stereocenters. The highest BCUT2D eigenvalue weighted by molar-refractivity contribution is 4.92. The Hall–Kier alpha value is -0.120. The number of nitrogens with one attached hydrogen (secondary N) is 1. The summed E-state index contributed by atoms with van der Waals surface area (Å²) in [5.41, 5.74) is 0. The van der Waals surface area contributed by atoms with E-state index in [1.54, 1.807) is 0 Å². The number of hydrogen-bond acceptors (Lipinski definition) is 3. The van der Waals surface area contributed by atoms with E-state index >= 15 is 0 Å². The second-order valence-electron chi connectivity index (χ2n) is 6.62. The molecule has 1 N–H and O–H groups in total. The van der Waals surface area contributed by atoms with Crippen molar-refractivity contribution in [3.05, 3.63) is 0 Å². The summed E-state index contributed by atoms with van der Waals surface area (Å²) in [5, 5.41) is 3.57. The van der Waals surface area contributed by atoms with Crippen LogP contribution >= 0.6 is 0 Å². The predicted octanol–water partition coefficient (Wildman–Crippen LogP) is 1.65. The van der Waals surface area contributed by atoms with Crippen molar-refractivity contribution in [1.29, 1.82) is 0 Å². The lowest BCUT2D eigenvalue weighted by molar-refractivity contribution is 0.0494. The average Bonchev–Trinajstić information content (AvgIpc) is 2.39. The molecule has 0 aromatic rings. The van der Waals surface area contributed by atoms with Gasteiger partial charge in [-0.1, -0.05) is 13.8 Å². The van der Waals surface area contributed by atoms with E-state index in [2.05, 4.69) is 43.1 Å². The van der Waals surface area contributed by atoms with E-state index in [0.29, 0.717) is 6.04 Å². The third-order valence-corrected chi connectivity index (χ3v) is 5.18. The summed E-state index contributed by atoms with van der Waals surface area (Å²) >= 11 is 0. The Labute approximate surface area is 113 Å². The van der Waals surface area contributed by atoms with Crippen molar-refractivity contribution in [3.63, 3.8) is 0 Å². The van der Waals surface area contributed by atoms with Gasteiger partial charge in [0.15, 0.2) is 0 Å². The van der Waals surface area contributed by atoms with Crippen molar-refractivity contribution < 1.29 is 0 Å². The number of nitrogens with zero attached hydrogens (tertiary/aromatic N) is 2. The molecule has 1 heterocycles. The first-order valence-corrected chi connectivity index (χ1v) is 7.71. The summed E-state index contributed by atoms with van der Waals surface area (Å²) in [4.78, 5) is 5.20. The van der Waals surface area contributed by atoms with E-state index in [-0.39, 0.29) is 0 Å². The van der Waals surface area contributed by atoms with Gasteiger partial charge in [0.05, 0.1) is 0 Å². The summed E-state index contributed by atoms with van der Waals surface area (Å²) in [6.07, 6.45) is 4.16. The lowest BCUT2D eigenvalue weighted by Crippen LogP contribution is -2.57. The molecule has 1 saturated heterocycles. The van der Waals surface area contributed by atoms with Crippen LogP contribution in [0.4, 0.5) is 0 Å². The Morgan fingerprint density at radius 3 is 2.28 bits per heavy atom. The van der Waals surface area contributed by atoms with Gasteiger partial charge in [-0.3, -0.25) is 4.90 Å². The van der Waals surface area contributed by atoms with Gasteiger partial charge in [0.25, 0.3) is 0 Å². The van der Waals surface area contributed by atoms with E-state index in [1.165, 1.54) is 45.4 Å². The molecule has 1 aliphatic carbocycles. The molecule has 0 spiro atoms. The van der Waals surface area contributed by atoms with Gasteiger partial charge in [0.1, 0.15) is 0 Å². The fraction of sp³-hybridized carbons (Fsp3) is 1.00. The molecule has 3 unspecified atom stereocenters. The second-order valence-corrected chi connectivity index (χ2v) is 6.62. The molecule has 1 saturated carbocycles. The maximum Gasteiger partial charge on any atom is 0.0253 e. The van der Waals surface area contributed by atoms with E-state index in [1.807, 2.05) is 0 Å². The van der Waals surface area contributed by atoms with Crippen molar-refractivity contribution in [2.24, 2.45) is 11.8 Å². The highest BCUT2D eigenvalue weighted by Crippen LogP contribution is 2.33. The highest BCUT2D eigenvalue weighted by atomic mass is 15.3. The third kappa shape index (κ3) is 3.25. The maximum absolute atomic E-state index is 3.57. The predicted molar refractivity (Wildman–Crippen MR) is 77.9 cm³/mol. The van der Waals surface area contributed by atoms with Crippen LogP contribution in [0, 0.1) is 11.8 Å². The van der Waals surface area contributed by atoms with Gasteiger partial charge >= 0.3 is 0 Å². The molecule has 2 rings (SSSR count). The van der Waals surface area contributed by atoms with Crippen molar-refractivity contribution in [2.75, 3.05) is 40.3 Å². The lowest BCUT2D eigenvalue weighted by Gasteiger charge is -2.46. The van der Waals surface area contributed by atoms with Crippen molar-refractivity contribution in [1.82, 2.24) is 15.1 Å². The Bertz CT molecular complexity index is 246. The Morgan fingerprint density at radius 2 is 1.72 bits per heavy atom. The van der Waals surface area contributed by atoms with Crippen LogP contribution in [0.15, 0.2) is 0 Å². The lowest BCUT2D eigenvalue weighted by atomic mass is 9.76. The van der Waals surface area contributed by atoms with Crippen LogP contribution < -0.4 is 5.32 Å². The van der Waals surface area contributed by atoms with Gasteiger partial charge in [0, 0.05) is 38.3 Å². The number of rotatable bonds is 3. The van der Waals surface area contributed by atoms with Crippen molar-refractivity contribution >= 4 is 0 Å². The first kappa shape index (κ1) is 14.3. The monoisotopic (exact) mass is 253 g/mol. The Kier molecular flexibility index (Phi) is 5.05. The largest absolute Gasteiger partial charge is 0.315 e.